The van der Waals surface area contributed by atoms with Crippen LogP contribution >= 0.6 is 11.8 Å². The molecule has 3 heterocycles. The van der Waals surface area contributed by atoms with Crippen molar-refractivity contribution < 1.29 is 4.39 Å². The standard InChI is InChI=1S/C11H8FN5S/c12-8-3-13-2-1-7(8)5-18-11-16-9-4-14-6-15-10(9)17-11/h1-4,6H,5H2,(H,14,15,16,17). The number of H-pyrrole nitrogens is 1. The van der Waals surface area contributed by atoms with Crippen LogP contribution in [0, 0.1) is 5.82 Å². The highest BCUT2D eigenvalue weighted by atomic mass is 32.2. The summed E-state index contributed by atoms with van der Waals surface area (Å²) < 4.78 is 13.4. The largest absolute Gasteiger partial charge is 0.330 e. The van der Waals surface area contributed by atoms with Crippen LogP contribution in [0.3, 0.4) is 0 Å². The molecule has 3 aromatic heterocycles. The minimum absolute atomic E-state index is 0.305. The zero-order valence-corrected chi connectivity index (χ0v) is 9.99. The van der Waals surface area contributed by atoms with E-state index in [1.165, 1.54) is 24.3 Å². The number of fused-ring (bicyclic) bond motifs is 1. The molecule has 0 aliphatic carbocycles. The van der Waals surface area contributed by atoms with Gasteiger partial charge in [-0.15, -0.1) is 0 Å². The van der Waals surface area contributed by atoms with Crippen LogP contribution in [0.5, 0.6) is 0 Å². The average Bonchev–Trinajstić information content (AvgIpc) is 2.80. The van der Waals surface area contributed by atoms with Gasteiger partial charge in [-0.05, 0) is 6.07 Å². The van der Waals surface area contributed by atoms with Gasteiger partial charge in [0.15, 0.2) is 10.8 Å². The first-order chi connectivity index (χ1) is 8.83. The van der Waals surface area contributed by atoms with Crippen LogP contribution in [0.1, 0.15) is 5.56 Å². The zero-order valence-electron chi connectivity index (χ0n) is 9.17. The number of thioether (sulfide) groups is 1. The highest BCUT2D eigenvalue weighted by molar-refractivity contribution is 7.98. The van der Waals surface area contributed by atoms with E-state index in [0.29, 0.717) is 22.1 Å². The molecule has 90 valence electrons. The molecule has 1 N–H and O–H groups in total. The van der Waals surface area contributed by atoms with Gasteiger partial charge in [-0.3, -0.25) is 4.98 Å². The van der Waals surface area contributed by atoms with Crippen LogP contribution in [0.15, 0.2) is 36.1 Å². The topological polar surface area (TPSA) is 67.3 Å². The Morgan fingerprint density at radius 2 is 2.22 bits per heavy atom. The minimum Gasteiger partial charge on any atom is -0.330 e. The maximum Gasteiger partial charge on any atom is 0.181 e. The van der Waals surface area contributed by atoms with Crippen molar-refractivity contribution in [2.24, 2.45) is 0 Å². The molecular formula is C11H8FN5S. The zero-order chi connectivity index (χ0) is 12.4. The van der Waals surface area contributed by atoms with Gasteiger partial charge in [0.2, 0.25) is 0 Å². The first-order valence-corrected chi connectivity index (χ1v) is 6.18. The van der Waals surface area contributed by atoms with Crippen LogP contribution in [-0.2, 0) is 5.75 Å². The van der Waals surface area contributed by atoms with E-state index in [1.54, 1.807) is 18.5 Å². The summed E-state index contributed by atoms with van der Waals surface area (Å²) in [6.07, 6.45) is 5.88. The summed E-state index contributed by atoms with van der Waals surface area (Å²) in [7, 11) is 0. The molecule has 0 amide bonds. The molecule has 0 atom stereocenters. The molecule has 0 unspecified atom stereocenters. The van der Waals surface area contributed by atoms with E-state index in [-0.39, 0.29) is 5.82 Å². The smallest absolute Gasteiger partial charge is 0.181 e. The summed E-state index contributed by atoms with van der Waals surface area (Å²) in [5, 5.41) is 0.696. The Morgan fingerprint density at radius 3 is 3.06 bits per heavy atom. The maximum atomic E-state index is 13.4. The number of hydrogen-bond acceptors (Lipinski definition) is 5. The van der Waals surface area contributed by atoms with Gasteiger partial charge in [0, 0.05) is 17.5 Å². The molecule has 0 saturated heterocycles. The Morgan fingerprint density at radius 1 is 1.28 bits per heavy atom. The van der Waals surface area contributed by atoms with Crippen molar-refractivity contribution in [3.63, 3.8) is 0 Å². The van der Waals surface area contributed by atoms with Gasteiger partial charge in [0.05, 0.1) is 12.4 Å². The van der Waals surface area contributed by atoms with Gasteiger partial charge < -0.3 is 4.98 Å². The first kappa shape index (κ1) is 11.1. The molecule has 0 aliphatic rings. The summed E-state index contributed by atoms with van der Waals surface area (Å²) >= 11 is 1.41. The summed E-state index contributed by atoms with van der Waals surface area (Å²) in [6.45, 7) is 0. The van der Waals surface area contributed by atoms with E-state index in [9.17, 15) is 4.39 Å². The molecule has 0 saturated carbocycles. The summed E-state index contributed by atoms with van der Waals surface area (Å²) in [4.78, 5) is 19.0. The molecule has 0 radical (unpaired) electrons. The number of pyridine rings is 1. The van der Waals surface area contributed by atoms with E-state index in [1.807, 2.05) is 0 Å². The van der Waals surface area contributed by atoms with E-state index < -0.39 is 0 Å². The summed E-state index contributed by atoms with van der Waals surface area (Å²) in [5.74, 6) is 0.183. The monoisotopic (exact) mass is 261 g/mol. The second-order valence-electron chi connectivity index (χ2n) is 3.56. The number of hydrogen-bond donors (Lipinski definition) is 1. The lowest BCUT2D eigenvalue weighted by molar-refractivity contribution is 0.610. The SMILES string of the molecule is Fc1cnccc1CSc1nc2ncncc2[nH]1. The molecule has 0 fully saturated rings. The minimum atomic E-state index is -0.305. The third-order valence-corrected chi connectivity index (χ3v) is 3.28. The molecule has 5 nitrogen and oxygen atoms in total. The summed E-state index contributed by atoms with van der Waals surface area (Å²) in [6, 6.07) is 1.66. The number of halogens is 1. The molecule has 3 rings (SSSR count). The number of aromatic nitrogens is 5. The molecule has 0 aromatic carbocycles. The number of nitrogens with one attached hydrogen (secondary N) is 1. The average molecular weight is 261 g/mol. The highest BCUT2D eigenvalue weighted by Gasteiger charge is 2.06. The lowest BCUT2D eigenvalue weighted by atomic mass is 10.3. The molecule has 0 aliphatic heterocycles. The molecule has 0 spiro atoms. The van der Waals surface area contributed by atoms with Crippen molar-refractivity contribution in [2.75, 3.05) is 0 Å². The fourth-order valence-electron chi connectivity index (χ4n) is 1.48. The van der Waals surface area contributed by atoms with Gasteiger partial charge in [0.25, 0.3) is 0 Å². The van der Waals surface area contributed by atoms with Gasteiger partial charge in [-0.1, -0.05) is 11.8 Å². The van der Waals surface area contributed by atoms with Crippen molar-refractivity contribution in [3.8, 4) is 0 Å². The van der Waals surface area contributed by atoms with Crippen molar-refractivity contribution >= 4 is 22.9 Å². The molecule has 0 bridgehead atoms. The number of imidazole rings is 1. The van der Waals surface area contributed by atoms with E-state index >= 15 is 0 Å². The Bertz CT molecular complexity index is 651. The Kier molecular flexibility index (Phi) is 2.89. The summed E-state index contributed by atoms with van der Waals surface area (Å²) in [5.41, 5.74) is 1.99. The lowest BCUT2D eigenvalue weighted by Gasteiger charge is -1.99. The predicted molar refractivity (Wildman–Crippen MR) is 65.4 cm³/mol. The third kappa shape index (κ3) is 2.17. The predicted octanol–water partition coefficient (Wildman–Crippen LogP) is 2.18. The normalized spacial score (nSPS) is 10.9. The quantitative estimate of drug-likeness (QED) is 0.732. The Labute approximate surface area is 106 Å². The second kappa shape index (κ2) is 4.69. The van der Waals surface area contributed by atoms with Crippen molar-refractivity contribution in [2.45, 2.75) is 10.9 Å². The third-order valence-electron chi connectivity index (χ3n) is 2.36. The van der Waals surface area contributed by atoms with E-state index in [2.05, 4.69) is 24.9 Å². The van der Waals surface area contributed by atoms with E-state index in [0.717, 1.165) is 5.52 Å². The molecule has 7 heteroatoms. The van der Waals surface area contributed by atoms with Gasteiger partial charge >= 0.3 is 0 Å². The fourth-order valence-corrected chi connectivity index (χ4v) is 2.33. The highest BCUT2D eigenvalue weighted by Crippen LogP contribution is 2.22. The molecular weight excluding hydrogens is 253 g/mol. The fraction of sp³-hybridized carbons (Fsp3) is 0.0909. The first-order valence-electron chi connectivity index (χ1n) is 5.20. The second-order valence-corrected chi connectivity index (χ2v) is 4.52. The molecule has 18 heavy (non-hydrogen) atoms. The van der Waals surface area contributed by atoms with Gasteiger partial charge in [-0.2, -0.15) is 0 Å². The van der Waals surface area contributed by atoms with Gasteiger partial charge in [0.1, 0.15) is 17.7 Å². The lowest BCUT2D eigenvalue weighted by Crippen LogP contribution is -1.88. The van der Waals surface area contributed by atoms with Crippen LogP contribution in [-0.4, -0.2) is 24.9 Å². The number of rotatable bonds is 3. The molecule has 3 aromatic rings. The van der Waals surface area contributed by atoms with Crippen LogP contribution in [0.25, 0.3) is 11.2 Å². The van der Waals surface area contributed by atoms with Crippen LogP contribution < -0.4 is 0 Å². The van der Waals surface area contributed by atoms with Crippen LogP contribution in [0.2, 0.25) is 0 Å². The van der Waals surface area contributed by atoms with Crippen molar-refractivity contribution in [3.05, 3.63) is 42.4 Å². The maximum absolute atomic E-state index is 13.4. The Hall–Kier alpha value is -2.02. The Balaban J connectivity index is 1.79. The number of nitrogens with zero attached hydrogens (tertiary/aromatic N) is 4. The van der Waals surface area contributed by atoms with E-state index in [4.69, 9.17) is 0 Å². The van der Waals surface area contributed by atoms with Crippen molar-refractivity contribution in [1.82, 2.24) is 24.9 Å². The van der Waals surface area contributed by atoms with Gasteiger partial charge in [-0.25, -0.2) is 19.3 Å². The van der Waals surface area contributed by atoms with Crippen molar-refractivity contribution in [1.29, 1.82) is 0 Å². The van der Waals surface area contributed by atoms with Crippen LogP contribution in [0.4, 0.5) is 4.39 Å². The number of aromatic amines is 1.